The Morgan fingerprint density at radius 1 is 1.38 bits per heavy atom. The first kappa shape index (κ1) is 16.3. The van der Waals surface area contributed by atoms with Gasteiger partial charge in [0.25, 0.3) is 5.91 Å². The third-order valence-corrected chi connectivity index (χ3v) is 3.75. The molecule has 0 unspecified atom stereocenters. The number of carbonyl (C=O) groups is 1. The molecular weight excluding hydrogens is 313 g/mol. The van der Waals surface area contributed by atoms with E-state index in [-0.39, 0.29) is 17.6 Å². The van der Waals surface area contributed by atoms with E-state index in [0.717, 1.165) is 6.20 Å². The molecule has 1 aliphatic rings. The Morgan fingerprint density at radius 2 is 2.21 bits per heavy atom. The maximum atomic E-state index is 13.8. The van der Waals surface area contributed by atoms with Gasteiger partial charge in [0.15, 0.2) is 5.82 Å². The number of pyridine rings is 1. The van der Waals surface area contributed by atoms with Crippen LogP contribution in [0.3, 0.4) is 0 Å². The van der Waals surface area contributed by atoms with Gasteiger partial charge in [-0.2, -0.15) is 0 Å². The number of halogens is 1. The van der Waals surface area contributed by atoms with Gasteiger partial charge in [-0.3, -0.25) is 9.78 Å². The molecule has 2 aromatic rings. The van der Waals surface area contributed by atoms with Crippen LogP contribution in [-0.4, -0.2) is 59.6 Å². The number of hydrogen-bond acceptors (Lipinski definition) is 6. The molecule has 1 amide bonds. The lowest BCUT2D eigenvalue weighted by Crippen LogP contribution is -2.42. The van der Waals surface area contributed by atoms with Gasteiger partial charge >= 0.3 is 0 Å². The fourth-order valence-electron chi connectivity index (χ4n) is 2.49. The lowest BCUT2D eigenvalue weighted by atomic mass is 10.1. The Kier molecular flexibility index (Phi) is 4.66. The highest BCUT2D eigenvalue weighted by Gasteiger charge is 2.28. The van der Waals surface area contributed by atoms with Crippen LogP contribution in [-0.2, 0) is 4.74 Å². The summed E-state index contributed by atoms with van der Waals surface area (Å²) in [5.74, 6) is -0.424. The SMILES string of the molecule is CN(C)c1nccc([C@@H]2CN(C(=O)c3ccncc3F)CCO2)n1. The molecule has 0 spiro atoms. The number of anilines is 1. The second-order valence-corrected chi connectivity index (χ2v) is 5.64. The van der Waals surface area contributed by atoms with Crippen LogP contribution in [0.4, 0.5) is 10.3 Å². The van der Waals surface area contributed by atoms with Crippen molar-refractivity contribution in [1.29, 1.82) is 0 Å². The van der Waals surface area contributed by atoms with Gasteiger partial charge in [-0.15, -0.1) is 0 Å². The molecule has 0 aliphatic carbocycles. The molecule has 0 aromatic carbocycles. The van der Waals surface area contributed by atoms with Crippen molar-refractivity contribution >= 4 is 11.9 Å². The van der Waals surface area contributed by atoms with Crippen LogP contribution in [0.15, 0.2) is 30.7 Å². The normalized spacial score (nSPS) is 17.6. The van der Waals surface area contributed by atoms with Gasteiger partial charge in [0, 0.05) is 33.0 Å². The highest BCUT2D eigenvalue weighted by Crippen LogP contribution is 2.23. The molecule has 0 N–H and O–H groups in total. The predicted molar refractivity (Wildman–Crippen MR) is 85.2 cm³/mol. The Labute approximate surface area is 139 Å². The smallest absolute Gasteiger partial charge is 0.257 e. The van der Waals surface area contributed by atoms with E-state index in [1.165, 1.54) is 12.3 Å². The summed E-state index contributed by atoms with van der Waals surface area (Å²) in [6.07, 6.45) is 3.74. The molecule has 2 aromatic heterocycles. The number of aromatic nitrogens is 3. The molecule has 24 heavy (non-hydrogen) atoms. The Balaban J connectivity index is 1.78. The third kappa shape index (κ3) is 3.33. The van der Waals surface area contributed by atoms with Gasteiger partial charge in [-0.25, -0.2) is 14.4 Å². The van der Waals surface area contributed by atoms with E-state index in [4.69, 9.17) is 4.74 Å². The van der Waals surface area contributed by atoms with Crippen molar-refractivity contribution in [2.45, 2.75) is 6.10 Å². The molecule has 126 valence electrons. The van der Waals surface area contributed by atoms with Crippen molar-refractivity contribution in [3.05, 3.63) is 47.8 Å². The van der Waals surface area contributed by atoms with E-state index in [0.29, 0.717) is 31.3 Å². The Bertz CT molecular complexity index is 740. The summed E-state index contributed by atoms with van der Waals surface area (Å²) in [6, 6.07) is 3.15. The van der Waals surface area contributed by atoms with E-state index >= 15 is 0 Å². The number of hydrogen-bond donors (Lipinski definition) is 0. The Hall–Kier alpha value is -2.61. The van der Waals surface area contributed by atoms with E-state index in [1.807, 2.05) is 14.1 Å². The second-order valence-electron chi connectivity index (χ2n) is 5.64. The average Bonchev–Trinajstić information content (AvgIpc) is 2.62. The molecule has 3 heterocycles. The number of ether oxygens (including phenoxy) is 1. The van der Waals surface area contributed by atoms with Gasteiger partial charge in [0.05, 0.1) is 30.6 Å². The molecule has 1 aliphatic heterocycles. The minimum Gasteiger partial charge on any atom is -0.368 e. The van der Waals surface area contributed by atoms with Crippen LogP contribution >= 0.6 is 0 Å². The van der Waals surface area contributed by atoms with Gasteiger partial charge in [-0.1, -0.05) is 0 Å². The lowest BCUT2D eigenvalue weighted by molar-refractivity contribution is -0.0248. The maximum Gasteiger partial charge on any atom is 0.257 e. The number of morpholine rings is 1. The van der Waals surface area contributed by atoms with Crippen molar-refractivity contribution in [3.8, 4) is 0 Å². The minimum atomic E-state index is -0.623. The summed E-state index contributed by atoms with van der Waals surface area (Å²) in [6.45, 7) is 1.08. The first-order valence-electron chi connectivity index (χ1n) is 7.57. The molecule has 0 radical (unpaired) electrons. The second kappa shape index (κ2) is 6.88. The first-order valence-corrected chi connectivity index (χ1v) is 7.57. The molecule has 7 nitrogen and oxygen atoms in total. The summed E-state index contributed by atoms with van der Waals surface area (Å²) < 4.78 is 19.5. The Morgan fingerprint density at radius 3 is 2.96 bits per heavy atom. The monoisotopic (exact) mass is 331 g/mol. The number of carbonyl (C=O) groups excluding carboxylic acids is 1. The van der Waals surface area contributed by atoms with Crippen molar-refractivity contribution in [1.82, 2.24) is 19.9 Å². The summed E-state index contributed by atoms with van der Waals surface area (Å²) in [4.78, 5) is 28.2. The molecule has 1 saturated heterocycles. The third-order valence-electron chi connectivity index (χ3n) is 3.75. The van der Waals surface area contributed by atoms with Gasteiger partial charge in [-0.05, 0) is 12.1 Å². The molecule has 1 fully saturated rings. The van der Waals surface area contributed by atoms with E-state index in [2.05, 4.69) is 15.0 Å². The van der Waals surface area contributed by atoms with Crippen LogP contribution in [0.1, 0.15) is 22.2 Å². The van der Waals surface area contributed by atoms with Crippen molar-refractivity contribution in [3.63, 3.8) is 0 Å². The number of rotatable bonds is 3. The molecule has 8 heteroatoms. The summed E-state index contributed by atoms with van der Waals surface area (Å²) in [7, 11) is 3.70. The first-order chi connectivity index (χ1) is 11.6. The average molecular weight is 331 g/mol. The summed E-state index contributed by atoms with van der Waals surface area (Å²) in [5, 5.41) is 0. The van der Waals surface area contributed by atoms with Gasteiger partial charge < -0.3 is 14.5 Å². The van der Waals surface area contributed by atoms with E-state index in [9.17, 15) is 9.18 Å². The highest BCUT2D eigenvalue weighted by molar-refractivity contribution is 5.94. The largest absolute Gasteiger partial charge is 0.368 e. The van der Waals surface area contributed by atoms with E-state index < -0.39 is 5.82 Å². The fourth-order valence-corrected chi connectivity index (χ4v) is 2.49. The van der Waals surface area contributed by atoms with Crippen LogP contribution in [0.5, 0.6) is 0 Å². The minimum absolute atomic E-state index is 0.0160. The zero-order chi connectivity index (χ0) is 17.1. The molecule has 0 saturated carbocycles. The van der Waals surface area contributed by atoms with Gasteiger partial charge in [0.2, 0.25) is 5.95 Å². The number of nitrogens with zero attached hydrogens (tertiary/aromatic N) is 5. The van der Waals surface area contributed by atoms with Crippen molar-refractivity contribution < 1.29 is 13.9 Å². The lowest BCUT2D eigenvalue weighted by Gasteiger charge is -2.33. The maximum absolute atomic E-state index is 13.8. The van der Waals surface area contributed by atoms with E-state index in [1.54, 1.807) is 22.1 Å². The van der Waals surface area contributed by atoms with Crippen molar-refractivity contribution in [2.75, 3.05) is 38.7 Å². The van der Waals surface area contributed by atoms with Gasteiger partial charge in [0.1, 0.15) is 6.10 Å². The van der Waals surface area contributed by atoms with Crippen LogP contribution < -0.4 is 4.90 Å². The summed E-state index contributed by atoms with van der Waals surface area (Å²) in [5.41, 5.74) is 0.712. The molecule has 3 rings (SSSR count). The molecule has 1 atom stereocenters. The predicted octanol–water partition coefficient (Wildman–Crippen LogP) is 1.29. The summed E-state index contributed by atoms with van der Waals surface area (Å²) >= 11 is 0. The van der Waals surface area contributed by atoms with Crippen LogP contribution in [0, 0.1) is 5.82 Å². The topological polar surface area (TPSA) is 71.5 Å². The fraction of sp³-hybridized carbons (Fsp3) is 0.375. The highest BCUT2D eigenvalue weighted by atomic mass is 19.1. The number of amides is 1. The van der Waals surface area contributed by atoms with Crippen LogP contribution in [0.25, 0.3) is 0 Å². The zero-order valence-corrected chi connectivity index (χ0v) is 13.5. The molecular formula is C16H18FN5O2. The standard InChI is InChI=1S/C16H18FN5O2/c1-21(2)16-19-6-4-13(20-16)14-10-22(7-8-24-14)15(23)11-3-5-18-9-12(11)17/h3-6,9,14H,7-8,10H2,1-2H3/t14-/m0/s1. The zero-order valence-electron chi connectivity index (χ0n) is 13.5. The van der Waals surface area contributed by atoms with Crippen molar-refractivity contribution in [2.24, 2.45) is 0 Å². The quantitative estimate of drug-likeness (QED) is 0.844. The molecule has 0 bridgehead atoms. The van der Waals surface area contributed by atoms with Crippen LogP contribution in [0.2, 0.25) is 0 Å².